The van der Waals surface area contributed by atoms with Gasteiger partial charge in [-0.2, -0.15) is 0 Å². The molecule has 0 bridgehead atoms. The highest BCUT2D eigenvalue weighted by Crippen LogP contribution is 2.27. The number of hydrogen-bond donors (Lipinski definition) is 1. The predicted octanol–water partition coefficient (Wildman–Crippen LogP) is 1.79. The van der Waals surface area contributed by atoms with Crippen LogP contribution in [0.3, 0.4) is 0 Å². The lowest BCUT2D eigenvalue weighted by Gasteiger charge is -2.44. The van der Waals surface area contributed by atoms with E-state index >= 15 is 0 Å². The Hall–Kier alpha value is -1.06. The minimum Gasteiger partial charge on any atom is -0.342 e. The zero-order valence-corrected chi connectivity index (χ0v) is 12.4. The number of rotatable bonds is 3. The molecule has 18 heavy (non-hydrogen) atoms. The number of nitrogens with zero attached hydrogens (tertiary/aromatic N) is 1. The van der Waals surface area contributed by atoms with Crippen LogP contribution in [0.2, 0.25) is 0 Å². The maximum atomic E-state index is 12.5. The number of piperazine rings is 1. The van der Waals surface area contributed by atoms with Crippen LogP contribution < -0.4 is 5.32 Å². The topological polar surface area (TPSA) is 49.4 Å². The first-order valence-electron chi connectivity index (χ1n) is 6.81. The van der Waals surface area contributed by atoms with E-state index < -0.39 is 6.04 Å². The number of carbonyl (C=O) groups excluding carboxylic acids is 2. The summed E-state index contributed by atoms with van der Waals surface area (Å²) in [4.78, 5) is 26.5. The van der Waals surface area contributed by atoms with Gasteiger partial charge in [-0.05, 0) is 17.8 Å². The van der Waals surface area contributed by atoms with Crippen molar-refractivity contribution in [1.82, 2.24) is 10.2 Å². The molecule has 104 valence electrons. The predicted molar refractivity (Wildman–Crippen MR) is 72.0 cm³/mol. The van der Waals surface area contributed by atoms with Crippen molar-refractivity contribution < 1.29 is 9.59 Å². The molecular weight excluding hydrogens is 228 g/mol. The Morgan fingerprint density at radius 1 is 1.28 bits per heavy atom. The normalized spacial score (nSPS) is 25.6. The monoisotopic (exact) mass is 254 g/mol. The van der Waals surface area contributed by atoms with Gasteiger partial charge in [-0.3, -0.25) is 9.59 Å². The van der Waals surface area contributed by atoms with Crippen molar-refractivity contribution in [2.45, 2.75) is 60.0 Å². The summed E-state index contributed by atoms with van der Waals surface area (Å²) in [5, 5.41) is 2.90. The van der Waals surface area contributed by atoms with E-state index in [0.717, 1.165) is 6.42 Å². The smallest absolute Gasteiger partial charge is 0.246 e. The average molecular weight is 254 g/mol. The highest BCUT2D eigenvalue weighted by atomic mass is 16.2. The molecule has 1 aliphatic heterocycles. The van der Waals surface area contributed by atoms with E-state index in [1.165, 1.54) is 0 Å². The third kappa shape index (κ3) is 2.85. The Morgan fingerprint density at radius 3 is 2.22 bits per heavy atom. The van der Waals surface area contributed by atoms with E-state index in [4.69, 9.17) is 0 Å². The lowest BCUT2D eigenvalue weighted by molar-refractivity contribution is -0.154. The van der Waals surface area contributed by atoms with E-state index in [1.807, 2.05) is 41.5 Å². The maximum Gasteiger partial charge on any atom is 0.246 e. The van der Waals surface area contributed by atoms with Gasteiger partial charge in [-0.1, -0.05) is 41.5 Å². The fraction of sp³-hybridized carbons (Fsp3) is 0.857. The molecular formula is C14H26N2O2. The molecule has 4 heteroatoms. The Morgan fingerprint density at radius 2 is 1.83 bits per heavy atom. The Balaban J connectivity index is 3.05. The van der Waals surface area contributed by atoms with Crippen molar-refractivity contribution in [1.29, 1.82) is 0 Å². The van der Waals surface area contributed by atoms with Gasteiger partial charge >= 0.3 is 0 Å². The molecule has 4 nitrogen and oxygen atoms in total. The molecule has 1 saturated heterocycles. The Kier molecular flexibility index (Phi) is 4.41. The molecule has 0 aromatic carbocycles. The summed E-state index contributed by atoms with van der Waals surface area (Å²) in [6.45, 7) is 12.6. The van der Waals surface area contributed by atoms with Crippen LogP contribution in [0.5, 0.6) is 0 Å². The zero-order valence-electron chi connectivity index (χ0n) is 12.4. The molecule has 0 spiro atoms. The van der Waals surface area contributed by atoms with Crippen LogP contribution in [0.15, 0.2) is 0 Å². The van der Waals surface area contributed by atoms with Crippen LogP contribution in [0, 0.1) is 11.3 Å². The van der Waals surface area contributed by atoms with Crippen LogP contribution in [0.4, 0.5) is 0 Å². The third-order valence-corrected chi connectivity index (χ3v) is 3.38. The summed E-state index contributed by atoms with van der Waals surface area (Å²) in [5.41, 5.74) is -0.249. The second-order valence-electron chi connectivity index (χ2n) is 6.53. The minimum atomic E-state index is -0.411. The van der Waals surface area contributed by atoms with E-state index in [2.05, 4.69) is 5.32 Å². The molecule has 2 unspecified atom stereocenters. The van der Waals surface area contributed by atoms with Gasteiger partial charge in [0.1, 0.15) is 12.1 Å². The second-order valence-corrected chi connectivity index (χ2v) is 6.53. The summed E-state index contributed by atoms with van der Waals surface area (Å²) < 4.78 is 0. The fourth-order valence-corrected chi connectivity index (χ4v) is 2.47. The van der Waals surface area contributed by atoms with Gasteiger partial charge in [0, 0.05) is 6.54 Å². The number of hydrogen-bond acceptors (Lipinski definition) is 2. The molecule has 2 atom stereocenters. The highest BCUT2D eigenvalue weighted by molar-refractivity contribution is 5.97. The molecule has 1 N–H and O–H groups in total. The van der Waals surface area contributed by atoms with Crippen molar-refractivity contribution in [3.05, 3.63) is 0 Å². The van der Waals surface area contributed by atoms with Crippen LogP contribution in [-0.4, -0.2) is 35.3 Å². The lowest BCUT2D eigenvalue weighted by Crippen LogP contribution is -2.67. The molecule has 1 rings (SSSR count). The van der Waals surface area contributed by atoms with E-state index in [1.54, 1.807) is 4.90 Å². The first-order valence-corrected chi connectivity index (χ1v) is 6.81. The Labute approximate surface area is 110 Å². The van der Waals surface area contributed by atoms with E-state index in [-0.39, 0.29) is 29.2 Å². The molecule has 1 heterocycles. The van der Waals surface area contributed by atoms with Crippen molar-refractivity contribution in [3.63, 3.8) is 0 Å². The molecule has 0 aromatic heterocycles. The Bertz CT molecular complexity index is 331. The zero-order chi connectivity index (χ0) is 14.1. The van der Waals surface area contributed by atoms with Gasteiger partial charge in [0.05, 0.1) is 0 Å². The largest absolute Gasteiger partial charge is 0.342 e. The molecule has 0 aliphatic carbocycles. The number of nitrogens with one attached hydrogen (secondary N) is 1. The minimum absolute atomic E-state index is 0.0158. The summed E-state index contributed by atoms with van der Waals surface area (Å²) in [6.07, 6.45) is 0.874. The summed E-state index contributed by atoms with van der Waals surface area (Å²) in [5.74, 6) is 0.182. The molecule has 1 fully saturated rings. The van der Waals surface area contributed by atoms with Crippen molar-refractivity contribution in [3.8, 4) is 0 Å². The SMILES string of the molecule is CCCN1C(=O)C(C(C)(C)C)NC(=O)C1C(C)C. The van der Waals surface area contributed by atoms with E-state index in [9.17, 15) is 9.59 Å². The first-order chi connectivity index (χ1) is 8.20. The summed E-state index contributed by atoms with van der Waals surface area (Å²) in [7, 11) is 0. The molecule has 0 aromatic rings. The van der Waals surface area contributed by atoms with Gasteiger partial charge < -0.3 is 10.2 Å². The first kappa shape index (κ1) is 15.0. The van der Waals surface area contributed by atoms with Gasteiger partial charge in [0.25, 0.3) is 0 Å². The second kappa shape index (κ2) is 5.29. The molecule has 0 saturated carbocycles. The van der Waals surface area contributed by atoms with Gasteiger partial charge in [-0.15, -0.1) is 0 Å². The molecule has 0 radical (unpaired) electrons. The summed E-state index contributed by atoms with van der Waals surface area (Å²) in [6, 6.07) is -0.734. The van der Waals surface area contributed by atoms with Crippen LogP contribution in [-0.2, 0) is 9.59 Å². The highest BCUT2D eigenvalue weighted by Gasteiger charge is 2.45. The third-order valence-electron chi connectivity index (χ3n) is 3.38. The van der Waals surface area contributed by atoms with Gasteiger partial charge in [0.15, 0.2) is 0 Å². The maximum absolute atomic E-state index is 12.5. The number of carbonyl (C=O) groups is 2. The van der Waals surface area contributed by atoms with Gasteiger partial charge in [0.2, 0.25) is 11.8 Å². The molecule has 2 amide bonds. The average Bonchev–Trinajstić information content (AvgIpc) is 2.21. The van der Waals surface area contributed by atoms with Crippen LogP contribution in [0.1, 0.15) is 48.0 Å². The molecule has 1 aliphatic rings. The van der Waals surface area contributed by atoms with Crippen molar-refractivity contribution in [2.75, 3.05) is 6.54 Å². The standard InChI is InChI=1S/C14H26N2O2/c1-7-8-16-10(9(2)3)12(17)15-11(13(16)18)14(4,5)6/h9-11H,7-8H2,1-6H3,(H,15,17). The van der Waals surface area contributed by atoms with Gasteiger partial charge in [-0.25, -0.2) is 0 Å². The van der Waals surface area contributed by atoms with Crippen LogP contribution in [0.25, 0.3) is 0 Å². The summed E-state index contributed by atoms with van der Waals surface area (Å²) >= 11 is 0. The fourth-order valence-electron chi connectivity index (χ4n) is 2.47. The lowest BCUT2D eigenvalue weighted by atomic mass is 9.82. The quantitative estimate of drug-likeness (QED) is 0.835. The van der Waals surface area contributed by atoms with Crippen LogP contribution >= 0.6 is 0 Å². The van der Waals surface area contributed by atoms with Crippen molar-refractivity contribution >= 4 is 11.8 Å². The number of amides is 2. The van der Waals surface area contributed by atoms with E-state index in [0.29, 0.717) is 6.54 Å². The van der Waals surface area contributed by atoms with Crippen molar-refractivity contribution in [2.24, 2.45) is 11.3 Å².